The maximum atomic E-state index is 9.84. The topological polar surface area (TPSA) is 39.1 Å². The highest BCUT2D eigenvalue weighted by Crippen LogP contribution is 2.42. The summed E-state index contributed by atoms with van der Waals surface area (Å²) in [6.07, 6.45) is 7.60. The summed E-state index contributed by atoms with van der Waals surface area (Å²) in [5, 5.41) is 13.5. The summed E-state index contributed by atoms with van der Waals surface area (Å²) in [6, 6.07) is 3.31. The molecule has 0 radical (unpaired) electrons. The van der Waals surface area contributed by atoms with Crippen molar-refractivity contribution in [1.82, 2.24) is 10.2 Å². The van der Waals surface area contributed by atoms with E-state index in [1.54, 1.807) is 0 Å². The molecular formula is C18H31N3. The average molecular weight is 289 g/mol. The normalized spacial score (nSPS) is 28.1. The summed E-state index contributed by atoms with van der Waals surface area (Å²) in [4.78, 5) is 2.55. The predicted octanol–water partition coefficient (Wildman–Crippen LogP) is 3.17. The van der Waals surface area contributed by atoms with Crippen LogP contribution in [0.1, 0.15) is 59.3 Å². The highest BCUT2D eigenvalue weighted by Gasteiger charge is 2.49. The van der Waals surface area contributed by atoms with Gasteiger partial charge in [-0.2, -0.15) is 5.26 Å². The van der Waals surface area contributed by atoms with E-state index in [1.165, 1.54) is 51.6 Å². The molecule has 118 valence electrons. The summed E-state index contributed by atoms with van der Waals surface area (Å²) in [5.41, 5.74) is 0.177. The predicted molar refractivity (Wildman–Crippen MR) is 85.8 cm³/mol. The van der Waals surface area contributed by atoms with Gasteiger partial charge in [-0.3, -0.25) is 5.32 Å². The Morgan fingerprint density at radius 2 is 1.62 bits per heavy atom. The highest BCUT2D eigenvalue weighted by atomic mass is 15.2. The van der Waals surface area contributed by atoms with Gasteiger partial charge >= 0.3 is 0 Å². The van der Waals surface area contributed by atoms with Crippen LogP contribution >= 0.6 is 0 Å². The molecule has 3 aliphatic rings. The van der Waals surface area contributed by atoms with Gasteiger partial charge in [0.15, 0.2) is 0 Å². The van der Waals surface area contributed by atoms with E-state index in [0.717, 1.165) is 12.5 Å². The van der Waals surface area contributed by atoms with E-state index in [-0.39, 0.29) is 5.54 Å². The fourth-order valence-corrected chi connectivity index (χ4v) is 3.93. The van der Waals surface area contributed by atoms with E-state index < -0.39 is 0 Å². The fourth-order valence-electron chi connectivity index (χ4n) is 3.93. The number of nitrogens with one attached hydrogen (secondary N) is 1. The number of nitrogens with zero attached hydrogens (tertiary/aromatic N) is 2. The van der Waals surface area contributed by atoms with Gasteiger partial charge in [0, 0.05) is 12.6 Å². The summed E-state index contributed by atoms with van der Waals surface area (Å²) >= 11 is 0. The van der Waals surface area contributed by atoms with Crippen molar-refractivity contribution in [3.05, 3.63) is 0 Å². The second-order valence-electron chi connectivity index (χ2n) is 8.69. The first kappa shape index (κ1) is 15.3. The Morgan fingerprint density at radius 3 is 2.05 bits per heavy atom. The molecule has 21 heavy (non-hydrogen) atoms. The highest BCUT2D eigenvalue weighted by molar-refractivity contribution is 5.18. The Bertz CT molecular complexity index is 403. The van der Waals surface area contributed by atoms with Gasteiger partial charge in [0.2, 0.25) is 0 Å². The molecule has 1 saturated heterocycles. The Balaban J connectivity index is 1.58. The zero-order valence-electron chi connectivity index (χ0n) is 14.0. The molecule has 2 saturated carbocycles. The van der Waals surface area contributed by atoms with Crippen LogP contribution in [0.25, 0.3) is 0 Å². The Kier molecular flexibility index (Phi) is 4.05. The Morgan fingerprint density at radius 1 is 1.00 bits per heavy atom. The van der Waals surface area contributed by atoms with Crippen molar-refractivity contribution >= 4 is 0 Å². The number of likely N-dealkylation sites (tertiary alicyclic amines) is 1. The molecule has 3 rings (SSSR count). The first-order valence-corrected chi connectivity index (χ1v) is 8.84. The lowest BCUT2D eigenvalue weighted by molar-refractivity contribution is 0.0925. The molecule has 3 heteroatoms. The van der Waals surface area contributed by atoms with Crippen LogP contribution in [-0.2, 0) is 0 Å². The number of piperidine rings is 1. The van der Waals surface area contributed by atoms with Crippen LogP contribution in [0.3, 0.4) is 0 Å². The molecule has 3 nitrogen and oxygen atoms in total. The maximum absolute atomic E-state index is 9.84. The van der Waals surface area contributed by atoms with Crippen molar-refractivity contribution in [3.8, 4) is 6.07 Å². The first-order chi connectivity index (χ1) is 9.93. The lowest BCUT2D eigenvalue weighted by Crippen LogP contribution is -2.56. The minimum absolute atomic E-state index is 0.254. The molecule has 1 unspecified atom stereocenters. The van der Waals surface area contributed by atoms with Crippen LogP contribution in [0.4, 0.5) is 0 Å². The molecular weight excluding hydrogens is 258 g/mol. The van der Waals surface area contributed by atoms with Crippen LogP contribution in [0, 0.1) is 28.6 Å². The van der Waals surface area contributed by atoms with E-state index in [0.29, 0.717) is 17.4 Å². The molecule has 0 amide bonds. The molecule has 1 aliphatic heterocycles. The van der Waals surface area contributed by atoms with Crippen LogP contribution in [0.2, 0.25) is 0 Å². The molecule has 2 aliphatic carbocycles. The van der Waals surface area contributed by atoms with Crippen molar-refractivity contribution in [3.63, 3.8) is 0 Å². The van der Waals surface area contributed by atoms with Gasteiger partial charge < -0.3 is 4.90 Å². The van der Waals surface area contributed by atoms with Gasteiger partial charge in [0.1, 0.15) is 5.54 Å². The SMILES string of the molecule is CC(C)(C)C1CCN(CC(C#N)(NC2CC2)C2CC2)CC1. The fraction of sp³-hybridized carbons (Fsp3) is 0.944. The summed E-state index contributed by atoms with van der Waals surface area (Å²) in [6.45, 7) is 10.4. The standard InChI is InChI=1S/C18H31N3/c1-17(2,3)14-8-10-21(11-9-14)13-18(12-19,15-4-5-15)20-16-6-7-16/h14-16,20H,4-11,13H2,1-3H3. The van der Waals surface area contributed by atoms with Crippen LogP contribution in [0.5, 0.6) is 0 Å². The van der Waals surface area contributed by atoms with Crippen molar-refractivity contribution in [2.24, 2.45) is 17.3 Å². The van der Waals surface area contributed by atoms with Gasteiger partial charge in [0.05, 0.1) is 6.07 Å². The molecule has 0 aromatic heterocycles. The molecule has 3 fully saturated rings. The number of rotatable bonds is 5. The van der Waals surface area contributed by atoms with Crippen LogP contribution in [-0.4, -0.2) is 36.1 Å². The van der Waals surface area contributed by atoms with Gasteiger partial charge in [-0.25, -0.2) is 0 Å². The van der Waals surface area contributed by atoms with E-state index in [9.17, 15) is 5.26 Å². The van der Waals surface area contributed by atoms with Crippen molar-refractivity contribution in [2.75, 3.05) is 19.6 Å². The Hall–Kier alpha value is -0.590. The largest absolute Gasteiger partial charge is 0.300 e. The molecule has 0 aromatic rings. The van der Waals surface area contributed by atoms with E-state index >= 15 is 0 Å². The smallest absolute Gasteiger partial charge is 0.122 e. The average Bonchev–Trinajstić information content (AvgIpc) is 3.30. The lowest BCUT2D eigenvalue weighted by Gasteiger charge is -2.42. The molecule has 1 heterocycles. The summed E-state index contributed by atoms with van der Waals surface area (Å²) in [5.74, 6) is 1.44. The molecule has 0 spiro atoms. The van der Waals surface area contributed by atoms with Gasteiger partial charge in [-0.15, -0.1) is 0 Å². The third-order valence-electron chi connectivity index (χ3n) is 5.80. The van der Waals surface area contributed by atoms with E-state index in [4.69, 9.17) is 0 Å². The summed E-state index contributed by atoms with van der Waals surface area (Å²) < 4.78 is 0. The monoisotopic (exact) mass is 289 g/mol. The third kappa shape index (κ3) is 3.60. The van der Waals surface area contributed by atoms with Crippen molar-refractivity contribution in [2.45, 2.75) is 70.9 Å². The first-order valence-electron chi connectivity index (χ1n) is 8.84. The number of nitriles is 1. The number of hydrogen-bond donors (Lipinski definition) is 1. The zero-order chi connectivity index (χ0) is 15.1. The minimum atomic E-state index is -0.254. The lowest BCUT2D eigenvalue weighted by atomic mass is 9.75. The molecule has 0 aromatic carbocycles. The van der Waals surface area contributed by atoms with Crippen molar-refractivity contribution < 1.29 is 0 Å². The van der Waals surface area contributed by atoms with Crippen LogP contribution < -0.4 is 5.32 Å². The van der Waals surface area contributed by atoms with Gasteiger partial charge in [-0.05, 0) is 68.9 Å². The number of hydrogen-bond acceptors (Lipinski definition) is 3. The van der Waals surface area contributed by atoms with Gasteiger partial charge in [-0.1, -0.05) is 20.8 Å². The van der Waals surface area contributed by atoms with Gasteiger partial charge in [0.25, 0.3) is 0 Å². The molecule has 1 N–H and O–H groups in total. The van der Waals surface area contributed by atoms with E-state index in [1.807, 2.05) is 0 Å². The Labute approximate surface area is 130 Å². The molecule has 0 bridgehead atoms. The summed E-state index contributed by atoms with van der Waals surface area (Å²) in [7, 11) is 0. The van der Waals surface area contributed by atoms with E-state index in [2.05, 4.69) is 37.1 Å². The maximum Gasteiger partial charge on any atom is 0.122 e. The second kappa shape index (κ2) is 5.56. The van der Waals surface area contributed by atoms with Crippen LogP contribution in [0.15, 0.2) is 0 Å². The zero-order valence-corrected chi connectivity index (χ0v) is 14.0. The quantitative estimate of drug-likeness (QED) is 0.845. The minimum Gasteiger partial charge on any atom is -0.300 e. The third-order valence-corrected chi connectivity index (χ3v) is 5.80. The van der Waals surface area contributed by atoms with Crippen molar-refractivity contribution in [1.29, 1.82) is 5.26 Å². The second-order valence-corrected chi connectivity index (χ2v) is 8.69. The molecule has 1 atom stereocenters.